The van der Waals surface area contributed by atoms with E-state index in [9.17, 15) is 0 Å². The van der Waals surface area contributed by atoms with E-state index in [1.165, 1.54) is 12.0 Å². The van der Waals surface area contributed by atoms with E-state index in [1.54, 1.807) is 0 Å². The van der Waals surface area contributed by atoms with E-state index < -0.39 is 0 Å². The lowest BCUT2D eigenvalue weighted by Gasteiger charge is -2.17. The molecule has 0 bridgehead atoms. The number of rotatable bonds is 11. The SMILES string of the molecule is CCOCCCCNCCN(C)Cc1ccccc1Cl. The monoisotopic (exact) mass is 298 g/mol. The highest BCUT2D eigenvalue weighted by Gasteiger charge is 2.03. The Kier molecular flexibility index (Phi) is 9.67. The molecule has 0 fully saturated rings. The number of likely N-dealkylation sites (N-methyl/N-ethyl adjacent to an activating group) is 1. The van der Waals surface area contributed by atoms with Crippen LogP contribution in [-0.4, -0.2) is 44.8 Å². The van der Waals surface area contributed by atoms with Gasteiger partial charge in [-0.3, -0.25) is 0 Å². The molecule has 114 valence electrons. The van der Waals surface area contributed by atoms with Gasteiger partial charge in [0.2, 0.25) is 0 Å². The number of hydrogen-bond donors (Lipinski definition) is 1. The lowest BCUT2D eigenvalue weighted by atomic mass is 10.2. The largest absolute Gasteiger partial charge is 0.382 e. The lowest BCUT2D eigenvalue weighted by molar-refractivity contribution is 0.143. The minimum absolute atomic E-state index is 0.820. The van der Waals surface area contributed by atoms with Crippen LogP contribution in [0, 0.1) is 0 Å². The second-order valence-electron chi connectivity index (χ2n) is 4.98. The average molecular weight is 299 g/mol. The zero-order valence-corrected chi connectivity index (χ0v) is 13.5. The molecule has 0 radical (unpaired) electrons. The summed E-state index contributed by atoms with van der Waals surface area (Å²) in [6.45, 7) is 7.73. The third kappa shape index (κ3) is 7.85. The standard InChI is InChI=1S/C16H27ClN2O/c1-3-20-13-7-6-10-18-11-12-19(2)14-15-8-4-5-9-16(15)17/h4-5,8-9,18H,3,6-7,10-14H2,1-2H3. The molecule has 3 nitrogen and oxygen atoms in total. The Labute approximate surface area is 128 Å². The van der Waals surface area contributed by atoms with Crippen molar-refractivity contribution < 1.29 is 4.74 Å². The van der Waals surface area contributed by atoms with Crippen LogP contribution in [0.25, 0.3) is 0 Å². The molecule has 0 saturated carbocycles. The predicted molar refractivity (Wildman–Crippen MR) is 86.4 cm³/mol. The summed E-state index contributed by atoms with van der Waals surface area (Å²) in [5, 5.41) is 4.31. The number of halogens is 1. The van der Waals surface area contributed by atoms with Gasteiger partial charge >= 0.3 is 0 Å². The first-order valence-electron chi connectivity index (χ1n) is 7.44. The van der Waals surface area contributed by atoms with Crippen LogP contribution in [0.5, 0.6) is 0 Å². The van der Waals surface area contributed by atoms with Gasteiger partial charge in [0.1, 0.15) is 0 Å². The molecule has 20 heavy (non-hydrogen) atoms. The third-order valence-electron chi connectivity index (χ3n) is 3.16. The van der Waals surface area contributed by atoms with Crippen LogP contribution in [0.3, 0.4) is 0 Å². The van der Waals surface area contributed by atoms with Crippen molar-refractivity contribution in [3.63, 3.8) is 0 Å². The van der Waals surface area contributed by atoms with E-state index in [-0.39, 0.29) is 0 Å². The van der Waals surface area contributed by atoms with Gasteiger partial charge in [-0.25, -0.2) is 0 Å². The second-order valence-corrected chi connectivity index (χ2v) is 5.39. The van der Waals surface area contributed by atoms with Crippen molar-refractivity contribution >= 4 is 11.6 Å². The normalized spacial score (nSPS) is 11.2. The highest BCUT2D eigenvalue weighted by atomic mass is 35.5. The molecule has 0 aromatic heterocycles. The molecule has 0 aliphatic heterocycles. The molecule has 0 spiro atoms. The first kappa shape index (κ1) is 17.4. The zero-order valence-electron chi connectivity index (χ0n) is 12.7. The summed E-state index contributed by atoms with van der Waals surface area (Å²) in [4.78, 5) is 2.29. The van der Waals surface area contributed by atoms with E-state index in [0.717, 1.165) is 50.8 Å². The summed E-state index contributed by atoms with van der Waals surface area (Å²) >= 11 is 6.16. The molecular weight excluding hydrogens is 272 g/mol. The van der Waals surface area contributed by atoms with Gasteiger partial charge in [0.05, 0.1) is 0 Å². The Morgan fingerprint density at radius 2 is 2.00 bits per heavy atom. The van der Waals surface area contributed by atoms with E-state index >= 15 is 0 Å². The highest BCUT2D eigenvalue weighted by Crippen LogP contribution is 2.16. The summed E-state index contributed by atoms with van der Waals surface area (Å²) < 4.78 is 5.31. The van der Waals surface area contributed by atoms with Gasteiger partial charge in [-0.15, -0.1) is 0 Å². The molecule has 1 rings (SSSR count). The summed E-state index contributed by atoms with van der Waals surface area (Å²) in [7, 11) is 2.13. The van der Waals surface area contributed by atoms with Crippen molar-refractivity contribution in [1.82, 2.24) is 10.2 Å². The number of ether oxygens (including phenoxy) is 1. The molecule has 0 amide bonds. The second kappa shape index (κ2) is 11.1. The van der Waals surface area contributed by atoms with E-state index in [4.69, 9.17) is 16.3 Å². The predicted octanol–water partition coefficient (Wildman–Crippen LogP) is 3.18. The summed E-state index contributed by atoms with van der Waals surface area (Å²) in [5.41, 5.74) is 1.19. The fraction of sp³-hybridized carbons (Fsp3) is 0.625. The Morgan fingerprint density at radius 1 is 1.20 bits per heavy atom. The van der Waals surface area contributed by atoms with Crippen molar-refractivity contribution in [3.05, 3.63) is 34.9 Å². The van der Waals surface area contributed by atoms with Crippen LogP contribution < -0.4 is 5.32 Å². The maximum atomic E-state index is 6.16. The molecule has 0 atom stereocenters. The van der Waals surface area contributed by atoms with Crippen LogP contribution in [0.4, 0.5) is 0 Å². The minimum Gasteiger partial charge on any atom is -0.382 e. The van der Waals surface area contributed by atoms with Crippen molar-refractivity contribution in [1.29, 1.82) is 0 Å². The van der Waals surface area contributed by atoms with Gasteiger partial charge in [-0.05, 0) is 45.0 Å². The first-order valence-corrected chi connectivity index (χ1v) is 7.82. The van der Waals surface area contributed by atoms with Gasteiger partial charge in [-0.1, -0.05) is 29.8 Å². The fourth-order valence-corrected chi connectivity index (χ4v) is 2.19. The van der Waals surface area contributed by atoms with Crippen molar-refractivity contribution in [2.24, 2.45) is 0 Å². The Balaban J connectivity index is 2.03. The zero-order chi connectivity index (χ0) is 14.6. The first-order chi connectivity index (χ1) is 9.74. The lowest BCUT2D eigenvalue weighted by Crippen LogP contribution is -2.29. The molecular formula is C16H27ClN2O. The van der Waals surface area contributed by atoms with Crippen LogP contribution >= 0.6 is 11.6 Å². The molecule has 0 aliphatic rings. The summed E-state index contributed by atoms with van der Waals surface area (Å²) in [6, 6.07) is 8.03. The fourth-order valence-electron chi connectivity index (χ4n) is 1.99. The van der Waals surface area contributed by atoms with Gasteiger partial charge < -0.3 is 15.0 Å². The molecule has 0 saturated heterocycles. The minimum atomic E-state index is 0.820. The molecule has 4 heteroatoms. The molecule has 1 aromatic carbocycles. The number of hydrogen-bond acceptors (Lipinski definition) is 3. The van der Waals surface area contributed by atoms with Crippen molar-refractivity contribution in [2.45, 2.75) is 26.3 Å². The van der Waals surface area contributed by atoms with Crippen LogP contribution in [0.1, 0.15) is 25.3 Å². The van der Waals surface area contributed by atoms with Gasteiger partial charge in [-0.2, -0.15) is 0 Å². The van der Waals surface area contributed by atoms with Crippen LogP contribution in [0.2, 0.25) is 5.02 Å². The Bertz CT molecular complexity index is 360. The third-order valence-corrected chi connectivity index (χ3v) is 3.53. The quantitative estimate of drug-likeness (QED) is 0.635. The van der Waals surface area contributed by atoms with Crippen molar-refractivity contribution in [3.8, 4) is 0 Å². The van der Waals surface area contributed by atoms with Gasteiger partial charge in [0.25, 0.3) is 0 Å². The highest BCUT2D eigenvalue weighted by molar-refractivity contribution is 6.31. The van der Waals surface area contributed by atoms with Crippen LogP contribution in [0.15, 0.2) is 24.3 Å². The van der Waals surface area contributed by atoms with Crippen molar-refractivity contribution in [2.75, 3.05) is 39.9 Å². The average Bonchev–Trinajstić information content (AvgIpc) is 2.44. The van der Waals surface area contributed by atoms with E-state index in [1.807, 2.05) is 25.1 Å². The van der Waals surface area contributed by atoms with Gasteiger partial charge in [0, 0.05) is 37.9 Å². The molecule has 1 aromatic rings. The molecule has 0 heterocycles. The molecule has 0 unspecified atom stereocenters. The van der Waals surface area contributed by atoms with Gasteiger partial charge in [0.15, 0.2) is 0 Å². The number of nitrogens with one attached hydrogen (secondary N) is 1. The number of nitrogens with zero attached hydrogens (tertiary/aromatic N) is 1. The number of benzene rings is 1. The topological polar surface area (TPSA) is 24.5 Å². The van der Waals surface area contributed by atoms with Crippen LogP contribution in [-0.2, 0) is 11.3 Å². The Hall–Kier alpha value is -0.610. The summed E-state index contributed by atoms with van der Waals surface area (Å²) in [5.74, 6) is 0. The molecule has 0 aliphatic carbocycles. The van der Waals surface area contributed by atoms with E-state index in [2.05, 4.69) is 23.3 Å². The number of unbranched alkanes of at least 4 members (excludes halogenated alkanes) is 1. The Morgan fingerprint density at radius 3 is 2.75 bits per heavy atom. The smallest absolute Gasteiger partial charge is 0.0466 e. The molecule has 1 N–H and O–H groups in total. The van der Waals surface area contributed by atoms with E-state index in [0.29, 0.717) is 0 Å². The maximum absolute atomic E-state index is 6.16. The summed E-state index contributed by atoms with van der Waals surface area (Å²) in [6.07, 6.45) is 2.31. The maximum Gasteiger partial charge on any atom is 0.0466 e.